The van der Waals surface area contributed by atoms with Gasteiger partial charge in [0.1, 0.15) is 11.6 Å². The van der Waals surface area contributed by atoms with Gasteiger partial charge in [-0.15, -0.1) is 0 Å². The highest BCUT2D eigenvalue weighted by molar-refractivity contribution is 5.92. The molecule has 3 aromatic rings. The molecule has 1 amide bonds. The fourth-order valence-corrected chi connectivity index (χ4v) is 2.78. The first kappa shape index (κ1) is 19.3. The van der Waals surface area contributed by atoms with E-state index in [1.54, 1.807) is 19.2 Å². The molecule has 0 saturated carbocycles. The molecule has 0 aliphatic heterocycles. The molecule has 3 rings (SSSR count). The van der Waals surface area contributed by atoms with Crippen LogP contribution in [0.5, 0.6) is 0 Å². The first-order valence-electron chi connectivity index (χ1n) is 9.10. The average molecular weight is 375 g/mol. The van der Waals surface area contributed by atoms with Gasteiger partial charge in [0.05, 0.1) is 5.69 Å². The molecule has 1 aromatic heterocycles. The van der Waals surface area contributed by atoms with Gasteiger partial charge in [-0.05, 0) is 42.3 Å². The third-order valence-electron chi connectivity index (χ3n) is 4.25. The van der Waals surface area contributed by atoms with Crippen molar-refractivity contribution in [3.63, 3.8) is 0 Å². The Morgan fingerprint density at radius 2 is 1.89 bits per heavy atom. The van der Waals surface area contributed by atoms with Crippen molar-refractivity contribution in [3.05, 3.63) is 89.8 Å². The SMILES string of the molecule is CNC(=O)C=Cc1ccc(-c2ccccc2)nc1NCCc1cccc(F)c1. The van der Waals surface area contributed by atoms with E-state index in [1.807, 2.05) is 48.5 Å². The Morgan fingerprint density at radius 3 is 2.64 bits per heavy atom. The molecule has 28 heavy (non-hydrogen) atoms. The maximum atomic E-state index is 13.4. The lowest BCUT2D eigenvalue weighted by atomic mass is 10.1. The number of aromatic nitrogens is 1. The lowest BCUT2D eigenvalue weighted by Gasteiger charge is -2.11. The van der Waals surface area contributed by atoms with Gasteiger partial charge in [-0.2, -0.15) is 0 Å². The van der Waals surface area contributed by atoms with Crippen LogP contribution in [0.2, 0.25) is 0 Å². The van der Waals surface area contributed by atoms with Crippen molar-refractivity contribution in [3.8, 4) is 11.3 Å². The largest absolute Gasteiger partial charge is 0.369 e. The Balaban J connectivity index is 1.81. The van der Waals surface area contributed by atoms with Crippen molar-refractivity contribution in [2.24, 2.45) is 0 Å². The van der Waals surface area contributed by atoms with Crippen LogP contribution in [0.25, 0.3) is 17.3 Å². The zero-order valence-corrected chi connectivity index (χ0v) is 15.7. The van der Waals surface area contributed by atoms with Gasteiger partial charge in [-0.1, -0.05) is 42.5 Å². The number of likely N-dealkylation sites (N-methyl/N-ethyl adjacent to an activating group) is 1. The van der Waals surface area contributed by atoms with Gasteiger partial charge < -0.3 is 10.6 Å². The van der Waals surface area contributed by atoms with Crippen LogP contribution >= 0.6 is 0 Å². The third kappa shape index (κ3) is 5.27. The number of hydrogen-bond acceptors (Lipinski definition) is 3. The number of nitrogens with zero attached hydrogens (tertiary/aromatic N) is 1. The van der Waals surface area contributed by atoms with Crippen LogP contribution in [0.15, 0.2) is 72.8 Å². The predicted molar refractivity (Wildman–Crippen MR) is 111 cm³/mol. The van der Waals surface area contributed by atoms with E-state index in [9.17, 15) is 9.18 Å². The minimum absolute atomic E-state index is 0.183. The number of rotatable bonds is 7. The number of amides is 1. The molecule has 0 saturated heterocycles. The van der Waals surface area contributed by atoms with E-state index in [2.05, 4.69) is 10.6 Å². The van der Waals surface area contributed by atoms with Crippen molar-refractivity contribution in [1.29, 1.82) is 0 Å². The lowest BCUT2D eigenvalue weighted by molar-refractivity contribution is -0.115. The summed E-state index contributed by atoms with van der Waals surface area (Å²) in [5.41, 5.74) is 3.57. The second kappa shape index (κ2) is 9.46. The fourth-order valence-electron chi connectivity index (χ4n) is 2.78. The quantitative estimate of drug-likeness (QED) is 0.606. The van der Waals surface area contributed by atoms with Crippen molar-refractivity contribution in [2.75, 3.05) is 18.9 Å². The molecule has 2 aromatic carbocycles. The van der Waals surface area contributed by atoms with Gasteiger partial charge in [0.25, 0.3) is 0 Å². The second-order valence-electron chi connectivity index (χ2n) is 6.25. The van der Waals surface area contributed by atoms with Gasteiger partial charge in [-0.25, -0.2) is 9.37 Å². The van der Waals surface area contributed by atoms with E-state index in [0.717, 1.165) is 22.4 Å². The third-order valence-corrected chi connectivity index (χ3v) is 4.25. The maximum Gasteiger partial charge on any atom is 0.243 e. The summed E-state index contributed by atoms with van der Waals surface area (Å²) in [5.74, 6) is 0.256. The number of pyridine rings is 1. The molecule has 0 aliphatic carbocycles. The number of hydrogen-bond donors (Lipinski definition) is 2. The van der Waals surface area contributed by atoms with Gasteiger partial charge in [0, 0.05) is 30.8 Å². The predicted octanol–water partition coefficient (Wildman–Crippen LogP) is 4.30. The van der Waals surface area contributed by atoms with Crippen molar-refractivity contribution in [2.45, 2.75) is 6.42 Å². The van der Waals surface area contributed by atoms with Crippen LogP contribution in [0.3, 0.4) is 0 Å². The molecule has 0 bridgehead atoms. The summed E-state index contributed by atoms with van der Waals surface area (Å²) in [7, 11) is 1.58. The van der Waals surface area contributed by atoms with Crippen molar-refractivity contribution < 1.29 is 9.18 Å². The molecule has 5 heteroatoms. The highest BCUT2D eigenvalue weighted by Gasteiger charge is 2.06. The number of carbonyl (C=O) groups is 1. The molecule has 0 fully saturated rings. The summed E-state index contributed by atoms with van der Waals surface area (Å²) < 4.78 is 13.4. The molecule has 2 N–H and O–H groups in total. The van der Waals surface area contributed by atoms with Gasteiger partial charge in [0.2, 0.25) is 5.91 Å². The van der Waals surface area contributed by atoms with Crippen molar-refractivity contribution >= 4 is 17.8 Å². The first-order chi connectivity index (χ1) is 13.7. The summed E-state index contributed by atoms with van der Waals surface area (Å²) in [6.45, 7) is 0.593. The van der Waals surface area contributed by atoms with E-state index in [4.69, 9.17) is 4.98 Å². The zero-order valence-electron chi connectivity index (χ0n) is 15.7. The van der Waals surface area contributed by atoms with Crippen LogP contribution in [0.4, 0.5) is 10.2 Å². The average Bonchev–Trinajstić information content (AvgIpc) is 2.73. The first-order valence-corrected chi connectivity index (χ1v) is 9.10. The molecule has 0 aliphatic rings. The highest BCUT2D eigenvalue weighted by atomic mass is 19.1. The monoisotopic (exact) mass is 375 g/mol. The van der Waals surface area contributed by atoms with E-state index in [-0.39, 0.29) is 11.7 Å². The summed E-state index contributed by atoms with van der Waals surface area (Å²) >= 11 is 0. The molecule has 0 unspecified atom stereocenters. The fraction of sp³-hybridized carbons (Fsp3) is 0.130. The van der Waals surface area contributed by atoms with Crippen LogP contribution in [-0.2, 0) is 11.2 Å². The number of anilines is 1. The lowest BCUT2D eigenvalue weighted by Crippen LogP contribution is -2.14. The molecule has 0 atom stereocenters. The zero-order chi connectivity index (χ0) is 19.8. The Hall–Kier alpha value is -3.47. The topological polar surface area (TPSA) is 54.0 Å². The maximum absolute atomic E-state index is 13.4. The Morgan fingerprint density at radius 1 is 1.07 bits per heavy atom. The Bertz CT molecular complexity index is 971. The highest BCUT2D eigenvalue weighted by Crippen LogP contribution is 2.23. The van der Waals surface area contributed by atoms with E-state index in [0.29, 0.717) is 18.8 Å². The summed E-state index contributed by atoms with van der Waals surface area (Å²) in [5, 5.41) is 5.88. The Kier molecular flexibility index (Phi) is 6.52. The number of carbonyl (C=O) groups excluding carboxylic acids is 1. The molecular weight excluding hydrogens is 353 g/mol. The molecule has 1 heterocycles. The minimum Gasteiger partial charge on any atom is -0.369 e. The summed E-state index contributed by atoms with van der Waals surface area (Å²) in [6, 6.07) is 20.3. The second-order valence-corrected chi connectivity index (χ2v) is 6.25. The number of halogens is 1. The molecular formula is C23H22FN3O. The van der Waals surface area contributed by atoms with Gasteiger partial charge >= 0.3 is 0 Å². The molecule has 4 nitrogen and oxygen atoms in total. The van der Waals surface area contributed by atoms with Gasteiger partial charge in [0.15, 0.2) is 0 Å². The van der Waals surface area contributed by atoms with E-state index < -0.39 is 0 Å². The standard InChI is InChI=1S/C23H22FN3O/c1-25-22(28)13-11-19-10-12-21(18-7-3-2-4-8-18)27-23(19)26-15-14-17-6-5-9-20(24)16-17/h2-13,16H,14-15H2,1H3,(H,25,28)(H,26,27). The van der Waals surface area contributed by atoms with Crippen LogP contribution in [0, 0.1) is 5.82 Å². The van der Waals surface area contributed by atoms with Crippen LogP contribution in [0.1, 0.15) is 11.1 Å². The normalized spacial score (nSPS) is 10.8. The van der Waals surface area contributed by atoms with Gasteiger partial charge in [-0.3, -0.25) is 4.79 Å². The number of nitrogens with one attached hydrogen (secondary N) is 2. The molecule has 0 spiro atoms. The smallest absolute Gasteiger partial charge is 0.243 e. The summed E-state index contributed by atoms with van der Waals surface area (Å²) in [4.78, 5) is 16.3. The summed E-state index contributed by atoms with van der Waals surface area (Å²) in [6.07, 6.45) is 3.86. The molecule has 142 valence electrons. The number of benzene rings is 2. The van der Waals surface area contributed by atoms with E-state index >= 15 is 0 Å². The Labute approximate surface area is 164 Å². The van der Waals surface area contributed by atoms with Crippen LogP contribution in [-0.4, -0.2) is 24.5 Å². The van der Waals surface area contributed by atoms with E-state index in [1.165, 1.54) is 18.2 Å². The molecule has 0 radical (unpaired) electrons. The van der Waals surface area contributed by atoms with Crippen LogP contribution < -0.4 is 10.6 Å². The van der Waals surface area contributed by atoms with Crippen molar-refractivity contribution in [1.82, 2.24) is 10.3 Å². The minimum atomic E-state index is -0.240.